The average molecular weight is 379 g/mol. The Morgan fingerprint density at radius 1 is 1.09 bits per heavy atom. The van der Waals surface area contributed by atoms with Crippen LogP contribution in [0.2, 0.25) is 0 Å². The number of rotatable bonds is 5. The van der Waals surface area contributed by atoms with Crippen molar-refractivity contribution in [3.63, 3.8) is 0 Å². The fourth-order valence-corrected chi connectivity index (χ4v) is 3.11. The highest BCUT2D eigenvalue weighted by molar-refractivity contribution is 9.10. The summed E-state index contributed by atoms with van der Waals surface area (Å²) in [6.07, 6.45) is 0. The maximum absolute atomic E-state index is 5.63. The number of ether oxygens (including phenoxy) is 1. The molecule has 23 heavy (non-hydrogen) atoms. The molecule has 0 spiro atoms. The lowest BCUT2D eigenvalue weighted by atomic mass is 10.2. The zero-order chi connectivity index (χ0) is 17.1. The zero-order valence-electron chi connectivity index (χ0n) is 14.5. The van der Waals surface area contributed by atoms with Crippen LogP contribution in [-0.4, -0.2) is 37.7 Å². The van der Waals surface area contributed by atoms with Crippen LogP contribution in [0.25, 0.3) is 0 Å². The van der Waals surface area contributed by atoms with Crippen LogP contribution >= 0.6 is 15.9 Å². The second-order valence-electron chi connectivity index (χ2n) is 5.57. The van der Waals surface area contributed by atoms with Gasteiger partial charge in [0, 0.05) is 48.3 Å². The van der Waals surface area contributed by atoms with Crippen LogP contribution in [0.1, 0.15) is 18.3 Å². The predicted octanol–water partition coefficient (Wildman–Crippen LogP) is 4.09. The van der Waals surface area contributed by atoms with E-state index in [0.717, 1.165) is 39.5 Å². The van der Waals surface area contributed by atoms with Crippen LogP contribution < -0.4 is 14.5 Å². The summed E-state index contributed by atoms with van der Waals surface area (Å²) in [6.45, 7) is 6.77. The molecule has 1 aromatic heterocycles. The number of hydrogen-bond donors (Lipinski definition) is 0. The van der Waals surface area contributed by atoms with Crippen molar-refractivity contribution in [2.75, 3.05) is 37.5 Å². The van der Waals surface area contributed by atoms with Gasteiger partial charge in [-0.25, -0.2) is 9.97 Å². The molecular weight excluding hydrogens is 356 g/mol. The van der Waals surface area contributed by atoms with Crippen LogP contribution in [0.5, 0.6) is 5.75 Å². The van der Waals surface area contributed by atoms with Gasteiger partial charge < -0.3 is 14.5 Å². The summed E-state index contributed by atoms with van der Waals surface area (Å²) in [6, 6.07) is 6.06. The first-order valence-corrected chi connectivity index (χ1v) is 8.31. The van der Waals surface area contributed by atoms with Crippen molar-refractivity contribution in [2.45, 2.75) is 20.8 Å². The first-order valence-electron chi connectivity index (χ1n) is 7.52. The molecule has 0 saturated carbocycles. The first kappa shape index (κ1) is 17.5. The number of halogens is 1. The van der Waals surface area contributed by atoms with Gasteiger partial charge in [-0.3, -0.25) is 0 Å². The summed E-state index contributed by atoms with van der Waals surface area (Å²) < 4.78 is 6.58. The van der Waals surface area contributed by atoms with Crippen LogP contribution in [0.4, 0.5) is 17.3 Å². The molecule has 0 bridgehead atoms. The highest BCUT2D eigenvalue weighted by Gasteiger charge is 2.20. The highest BCUT2D eigenvalue weighted by atomic mass is 79.9. The third kappa shape index (κ3) is 3.75. The monoisotopic (exact) mass is 378 g/mol. The maximum Gasteiger partial charge on any atom is 0.230 e. The lowest BCUT2D eigenvalue weighted by Crippen LogP contribution is -2.21. The fourth-order valence-electron chi connectivity index (χ4n) is 2.46. The summed E-state index contributed by atoms with van der Waals surface area (Å²) in [7, 11) is 5.69. The SMILES string of the molecule is CCN(c1nc(C)cc(C)n1)c1c(Br)cc(N(C)C)cc1OC. The number of nitrogens with zero attached hydrogens (tertiary/aromatic N) is 4. The van der Waals surface area contributed by atoms with Crippen molar-refractivity contribution < 1.29 is 4.74 Å². The van der Waals surface area contributed by atoms with Gasteiger partial charge in [-0.05, 0) is 48.8 Å². The van der Waals surface area contributed by atoms with E-state index in [1.165, 1.54) is 0 Å². The molecule has 0 aliphatic heterocycles. The molecule has 0 N–H and O–H groups in total. The standard InChI is InChI=1S/C17H23BrN4O/c1-7-22(17-19-11(2)8-12(3)20-17)16-14(18)9-13(21(4)5)10-15(16)23-6/h8-10H,7H2,1-6H3. The Morgan fingerprint density at radius 2 is 1.70 bits per heavy atom. The van der Waals surface area contributed by atoms with E-state index in [4.69, 9.17) is 4.74 Å². The van der Waals surface area contributed by atoms with Crippen LogP contribution in [0.15, 0.2) is 22.7 Å². The van der Waals surface area contributed by atoms with Gasteiger partial charge >= 0.3 is 0 Å². The van der Waals surface area contributed by atoms with Crippen molar-refractivity contribution in [3.05, 3.63) is 34.1 Å². The third-order valence-corrected chi connectivity index (χ3v) is 4.15. The molecule has 0 unspecified atom stereocenters. The molecule has 2 rings (SSSR count). The van der Waals surface area contributed by atoms with Crippen LogP contribution in [0.3, 0.4) is 0 Å². The van der Waals surface area contributed by atoms with Gasteiger partial charge in [0.05, 0.1) is 7.11 Å². The lowest BCUT2D eigenvalue weighted by Gasteiger charge is -2.26. The number of aromatic nitrogens is 2. The van der Waals surface area contributed by atoms with E-state index in [0.29, 0.717) is 5.95 Å². The normalized spacial score (nSPS) is 10.6. The molecule has 0 aliphatic carbocycles. The molecule has 0 saturated heterocycles. The van der Waals surface area contributed by atoms with Gasteiger partial charge in [0.25, 0.3) is 0 Å². The highest BCUT2D eigenvalue weighted by Crippen LogP contribution is 2.41. The molecule has 0 fully saturated rings. The summed E-state index contributed by atoms with van der Waals surface area (Å²) in [5, 5.41) is 0. The minimum atomic E-state index is 0.682. The van der Waals surface area contributed by atoms with Gasteiger partial charge in [0.2, 0.25) is 5.95 Å². The summed E-state index contributed by atoms with van der Waals surface area (Å²) >= 11 is 3.68. The Labute approximate surface area is 146 Å². The Hall–Kier alpha value is -1.82. The molecule has 6 heteroatoms. The van der Waals surface area contributed by atoms with Crippen molar-refractivity contribution >= 4 is 33.3 Å². The number of methoxy groups -OCH3 is 1. The Morgan fingerprint density at radius 3 is 2.17 bits per heavy atom. The van der Waals surface area contributed by atoms with Gasteiger partial charge in [-0.1, -0.05) is 0 Å². The Kier molecular flexibility index (Phi) is 5.46. The van der Waals surface area contributed by atoms with Crippen LogP contribution in [0, 0.1) is 13.8 Å². The van der Waals surface area contributed by atoms with E-state index in [9.17, 15) is 0 Å². The molecule has 0 radical (unpaired) electrons. The van der Waals surface area contributed by atoms with E-state index >= 15 is 0 Å². The van der Waals surface area contributed by atoms with Crippen molar-refractivity contribution in [2.24, 2.45) is 0 Å². The van der Waals surface area contributed by atoms with Gasteiger partial charge in [0.15, 0.2) is 0 Å². The number of aryl methyl sites for hydroxylation is 2. The van der Waals surface area contributed by atoms with E-state index < -0.39 is 0 Å². The van der Waals surface area contributed by atoms with E-state index in [1.807, 2.05) is 45.0 Å². The molecule has 0 amide bonds. The molecular formula is C17H23BrN4O. The second-order valence-corrected chi connectivity index (χ2v) is 6.42. The van der Waals surface area contributed by atoms with Crippen LogP contribution in [-0.2, 0) is 0 Å². The number of hydrogen-bond acceptors (Lipinski definition) is 5. The average Bonchev–Trinajstić information content (AvgIpc) is 2.48. The van der Waals surface area contributed by atoms with Crippen molar-refractivity contribution in [3.8, 4) is 5.75 Å². The van der Waals surface area contributed by atoms with Crippen molar-refractivity contribution in [1.29, 1.82) is 0 Å². The smallest absolute Gasteiger partial charge is 0.230 e. The molecule has 5 nitrogen and oxygen atoms in total. The molecule has 124 valence electrons. The van der Waals surface area contributed by atoms with Crippen molar-refractivity contribution in [1.82, 2.24) is 9.97 Å². The third-order valence-electron chi connectivity index (χ3n) is 3.55. The van der Waals surface area contributed by atoms with Gasteiger partial charge in [-0.15, -0.1) is 0 Å². The number of anilines is 3. The molecule has 2 aromatic rings. The predicted molar refractivity (Wildman–Crippen MR) is 99.2 cm³/mol. The summed E-state index contributed by atoms with van der Waals surface area (Å²) in [5.74, 6) is 1.47. The first-order chi connectivity index (χ1) is 10.9. The van der Waals surface area contributed by atoms with E-state index in [2.05, 4.69) is 43.8 Å². The Bertz CT molecular complexity index is 683. The quantitative estimate of drug-likeness (QED) is 0.783. The minimum Gasteiger partial charge on any atom is -0.494 e. The summed E-state index contributed by atoms with van der Waals surface area (Å²) in [4.78, 5) is 13.3. The summed E-state index contributed by atoms with van der Waals surface area (Å²) in [5.41, 5.74) is 3.90. The lowest BCUT2D eigenvalue weighted by molar-refractivity contribution is 0.415. The van der Waals surface area contributed by atoms with Gasteiger partial charge in [0.1, 0.15) is 11.4 Å². The van der Waals surface area contributed by atoms with Gasteiger partial charge in [-0.2, -0.15) is 0 Å². The molecule has 0 atom stereocenters. The van der Waals surface area contributed by atoms with E-state index in [-0.39, 0.29) is 0 Å². The fraction of sp³-hybridized carbons (Fsp3) is 0.412. The molecule has 1 heterocycles. The van der Waals surface area contributed by atoms with E-state index in [1.54, 1.807) is 7.11 Å². The topological polar surface area (TPSA) is 41.5 Å². The molecule has 0 aliphatic rings. The Balaban J connectivity index is 2.61. The minimum absolute atomic E-state index is 0.682. The second kappa shape index (κ2) is 7.17. The number of benzene rings is 1. The molecule has 1 aromatic carbocycles. The maximum atomic E-state index is 5.63. The zero-order valence-corrected chi connectivity index (χ0v) is 16.1. The largest absolute Gasteiger partial charge is 0.494 e.